The molecule has 20 heavy (non-hydrogen) atoms. The van der Waals surface area contributed by atoms with Gasteiger partial charge in [-0.15, -0.1) is 22.7 Å². The highest BCUT2D eigenvalue weighted by Gasteiger charge is 2.49. The molecular formula is C15H22N2OS2. The zero-order valence-electron chi connectivity index (χ0n) is 12.4. The van der Waals surface area contributed by atoms with Crippen molar-refractivity contribution in [3.05, 3.63) is 22.4 Å². The molecule has 110 valence electrons. The van der Waals surface area contributed by atoms with Crippen LogP contribution < -0.4 is 11.3 Å². The maximum absolute atomic E-state index is 6.22. The van der Waals surface area contributed by atoms with E-state index in [0.717, 1.165) is 6.42 Å². The van der Waals surface area contributed by atoms with Crippen LogP contribution in [0.15, 0.2) is 17.5 Å². The fraction of sp³-hybridized carbons (Fsp3) is 0.600. The third-order valence-corrected chi connectivity index (χ3v) is 6.37. The van der Waals surface area contributed by atoms with Gasteiger partial charge >= 0.3 is 0 Å². The van der Waals surface area contributed by atoms with Gasteiger partial charge in [-0.05, 0) is 51.6 Å². The molecule has 0 aromatic carbocycles. The molecule has 3 N–H and O–H groups in total. The third-order valence-electron chi connectivity index (χ3n) is 4.19. The van der Waals surface area contributed by atoms with Gasteiger partial charge < -0.3 is 4.74 Å². The first-order valence-corrected chi connectivity index (χ1v) is 8.65. The summed E-state index contributed by atoms with van der Waals surface area (Å²) in [5.41, 5.74) is 2.79. The molecule has 2 atom stereocenters. The van der Waals surface area contributed by atoms with Crippen molar-refractivity contribution in [1.82, 2.24) is 5.43 Å². The molecule has 1 saturated heterocycles. The summed E-state index contributed by atoms with van der Waals surface area (Å²) in [7, 11) is 0. The first-order valence-electron chi connectivity index (χ1n) is 6.96. The van der Waals surface area contributed by atoms with Crippen molar-refractivity contribution in [1.29, 1.82) is 0 Å². The van der Waals surface area contributed by atoms with Gasteiger partial charge in [0, 0.05) is 20.2 Å². The topological polar surface area (TPSA) is 47.3 Å². The van der Waals surface area contributed by atoms with Crippen LogP contribution in [-0.2, 0) is 4.74 Å². The molecule has 2 unspecified atom stereocenters. The van der Waals surface area contributed by atoms with Crippen LogP contribution in [0.3, 0.4) is 0 Å². The van der Waals surface area contributed by atoms with Gasteiger partial charge in [0.25, 0.3) is 0 Å². The Morgan fingerprint density at radius 1 is 1.35 bits per heavy atom. The minimum atomic E-state index is -0.169. The lowest BCUT2D eigenvalue weighted by atomic mass is 9.81. The average molecular weight is 310 g/mol. The van der Waals surface area contributed by atoms with Crippen LogP contribution in [0.2, 0.25) is 0 Å². The Morgan fingerprint density at radius 3 is 2.65 bits per heavy atom. The lowest BCUT2D eigenvalue weighted by Crippen LogP contribution is -2.40. The van der Waals surface area contributed by atoms with E-state index in [1.165, 1.54) is 14.3 Å². The van der Waals surface area contributed by atoms with Crippen LogP contribution in [0.4, 0.5) is 0 Å². The Bertz CT molecular complexity index is 586. The van der Waals surface area contributed by atoms with Gasteiger partial charge in [-0.25, -0.2) is 0 Å². The molecule has 0 saturated carbocycles. The minimum Gasteiger partial charge on any atom is -0.369 e. The van der Waals surface area contributed by atoms with E-state index >= 15 is 0 Å². The maximum Gasteiger partial charge on any atom is 0.0681 e. The van der Waals surface area contributed by atoms with Crippen LogP contribution in [-0.4, -0.2) is 11.2 Å². The van der Waals surface area contributed by atoms with E-state index in [1.807, 2.05) is 11.3 Å². The fourth-order valence-corrected chi connectivity index (χ4v) is 5.70. The molecular weight excluding hydrogens is 288 g/mol. The van der Waals surface area contributed by atoms with Crippen molar-refractivity contribution in [3.63, 3.8) is 0 Å². The summed E-state index contributed by atoms with van der Waals surface area (Å²) in [6, 6.07) is 4.61. The van der Waals surface area contributed by atoms with Crippen LogP contribution in [0.1, 0.15) is 45.0 Å². The Kier molecular flexibility index (Phi) is 3.46. The van der Waals surface area contributed by atoms with E-state index in [1.54, 1.807) is 11.3 Å². The van der Waals surface area contributed by atoms with Gasteiger partial charge in [-0.3, -0.25) is 11.3 Å². The highest BCUT2D eigenvalue weighted by molar-refractivity contribution is 7.26. The molecule has 5 heteroatoms. The molecule has 2 aromatic rings. The Balaban J connectivity index is 1.95. The number of nitrogens with two attached hydrogens (primary N) is 1. The highest BCUT2D eigenvalue weighted by atomic mass is 32.1. The van der Waals surface area contributed by atoms with Crippen molar-refractivity contribution >= 4 is 32.1 Å². The largest absolute Gasteiger partial charge is 0.369 e. The van der Waals surface area contributed by atoms with Crippen molar-refractivity contribution in [2.24, 2.45) is 11.8 Å². The number of fused-ring (bicyclic) bond motifs is 1. The molecule has 1 aliphatic heterocycles. The molecule has 1 aliphatic rings. The van der Waals surface area contributed by atoms with Gasteiger partial charge in [0.2, 0.25) is 0 Å². The Hall–Kier alpha value is -0.460. The normalized spacial score (nSPS) is 26.1. The number of hydrogen-bond donors (Lipinski definition) is 2. The monoisotopic (exact) mass is 310 g/mol. The molecule has 3 rings (SSSR count). The highest BCUT2D eigenvalue weighted by Crippen LogP contribution is 2.49. The van der Waals surface area contributed by atoms with Gasteiger partial charge in [-0.1, -0.05) is 0 Å². The minimum absolute atomic E-state index is 0.0854. The van der Waals surface area contributed by atoms with E-state index in [2.05, 4.69) is 50.6 Å². The summed E-state index contributed by atoms with van der Waals surface area (Å²) in [4.78, 5) is 1.31. The molecule has 0 radical (unpaired) electrons. The van der Waals surface area contributed by atoms with Crippen molar-refractivity contribution in [2.75, 3.05) is 0 Å². The zero-order valence-corrected chi connectivity index (χ0v) is 14.0. The van der Waals surface area contributed by atoms with Gasteiger partial charge in [0.05, 0.1) is 17.2 Å². The summed E-state index contributed by atoms with van der Waals surface area (Å²) in [5.74, 6) is 6.26. The van der Waals surface area contributed by atoms with Gasteiger partial charge in [0.1, 0.15) is 0 Å². The lowest BCUT2D eigenvalue weighted by Gasteiger charge is -2.32. The van der Waals surface area contributed by atoms with Crippen LogP contribution in [0.5, 0.6) is 0 Å². The van der Waals surface area contributed by atoms with E-state index in [-0.39, 0.29) is 17.2 Å². The number of ether oxygens (including phenoxy) is 1. The molecule has 3 heterocycles. The summed E-state index contributed by atoms with van der Waals surface area (Å²) in [5, 5.41) is 2.14. The number of hydrogen-bond acceptors (Lipinski definition) is 5. The maximum atomic E-state index is 6.22. The van der Waals surface area contributed by atoms with E-state index in [0.29, 0.717) is 5.92 Å². The summed E-state index contributed by atoms with van der Waals surface area (Å²) in [6.07, 6.45) is 1.01. The summed E-state index contributed by atoms with van der Waals surface area (Å²) in [6.45, 7) is 8.67. The fourth-order valence-electron chi connectivity index (χ4n) is 3.46. The quantitative estimate of drug-likeness (QED) is 0.664. The van der Waals surface area contributed by atoms with E-state index in [9.17, 15) is 0 Å². The second kappa shape index (κ2) is 4.78. The molecule has 1 fully saturated rings. The second-order valence-corrected chi connectivity index (χ2v) is 8.78. The zero-order chi connectivity index (χ0) is 14.5. The van der Waals surface area contributed by atoms with Crippen molar-refractivity contribution in [2.45, 2.75) is 51.4 Å². The van der Waals surface area contributed by atoms with Crippen molar-refractivity contribution < 1.29 is 4.74 Å². The first-order chi connectivity index (χ1) is 9.32. The predicted molar refractivity (Wildman–Crippen MR) is 87.1 cm³/mol. The molecule has 2 aromatic heterocycles. The Labute approximate surface area is 128 Å². The third kappa shape index (κ3) is 2.42. The SMILES string of the molecule is CC1(C)CC(C(NN)c2cc3sccc3s2)C(C)(C)O1. The number of rotatable bonds is 3. The smallest absolute Gasteiger partial charge is 0.0681 e. The number of hydrazine groups is 1. The summed E-state index contributed by atoms with van der Waals surface area (Å²) < 4.78 is 8.92. The second-order valence-electron chi connectivity index (χ2n) is 6.72. The van der Waals surface area contributed by atoms with Gasteiger partial charge in [-0.2, -0.15) is 0 Å². The number of thiophene rings is 2. The van der Waals surface area contributed by atoms with Crippen LogP contribution in [0, 0.1) is 5.92 Å². The molecule has 3 nitrogen and oxygen atoms in total. The predicted octanol–water partition coefficient (Wildman–Crippen LogP) is 4.06. The van der Waals surface area contributed by atoms with E-state index in [4.69, 9.17) is 10.6 Å². The molecule has 0 amide bonds. The standard InChI is InChI=1S/C15H22N2OS2/c1-14(2)8-9(15(3,4)18-14)13(17-16)12-7-11-10(20-12)5-6-19-11/h5-7,9,13,17H,8,16H2,1-4H3. The van der Waals surface area contributed by atoms with E-state index < -0.39 is 0 Å². The van der Waals surface area contributed by atoms with Crippen LogP contribution in [0.25, 0.3) is 9.40 Å². The number of nitrogens with one attached hydrogen (secondary N) is 1. The molecule has 0 spiro atoms. The Morgan fingerprint density at radius 2 is 2.10 bits per heavy atom. The van der Waals surface area contributed by atoms with Gasteiger partial charge in [0.15, 0.2) is 0 Å². The molecule has 0 aliphatic carbocycles. The molecule has 0 bridgehead atoms. The summed E-state index contributed by atoms with van der Waals surface area (Å²) >= 11 is 3.63. The van der Waals surface area contributed by atoms with Crippen molar-refractivity contribution in [3.8, 4) is 0 Å². The lowest BCUT2D eigenvalue weighted by molar-refractivity contribution is -0.0777. The van der Waals surface area contributed by atoms with Crippen LogP contribution >= 0.6 is 22.7 Å². The first kappa shape index (κ1) is 14.5. The average Bonchev–Trinajstić information content (AvgIpc) is 2.91.